The monoisotopic (exact) mass is 328 g/mol. The van der Waals surface area contributed by atoms with Crippen LogP contribution in [0.4, 0.5) is 0 Å². The van der Waals surface area contributed by atoms with Gasteiger partial charge in [0.25, 0.3) is 0 Å². The van der Waals surface area contributed by atoms with E-state index in [-0.39, 0.29) is 35.1 Å². The van der Waals surface area contributed by atoms with E-state index in [1.165, 1.54) is 5.57 Å². The molecule has 0 radical (unpaired) electrons. The van der Waals surface area contributed by atoms with Crippen LogP contribution in [0.2, 0.25) is 0 Å². The van der Waals surface area contributed by atoms with E-state index >= 15 is 0 Å². The molecule has 2 unspecified atom stereocenters. The molecule has 3 nitrogen and oxygen atoms in total. The first-order chi connectivity index (χ1) is 11.2. The molecule has 2 N–H and O–H groups in total. The molecule has 4 aliphatic carbocycles. The summed E-state index contributed by atoms with van der Waals surface area (Å²) in [5, 5.41) is 21.1. The summed E-state index contributed by atoms with van der Waals surface area (Å²) in [7, 11) is 0. The fourth-order valence-corrected chi connectivity index (χ4v) is 6.58. The topological polar surface area (TPSA) is 57.5 Å². The highest BCUT2D eigenvalue weighted by Gasteiger charge is 2.63. The lowest BCUT2D eigenvalue weighted by atomic mass is 9.47. The minimum absolute atomic E-state index is 0.0733. The van der Waals surface area contributed by atoms with Crippen molar-refractivity contribution in [1.29, 1.82) is 0 Å². The number of hydrogen-bond acceptors (Lipinski definition) is 3. The Labute approximate surface area is 144 Å². The van der Waals surface area contributed by atoms with Gasteiger partial charge >= 0.3 is 0 Å². The maximum Gasteiger partial charge on any atom is 0.169 e. The first kappa shape index (κ1) is 16.3. The van der Waals surface area contributed by atoms with Crippen LogP contribution in [0, 0.1) is 28.6 Å². The average molecular weight is 328 g/mol. The molecule has 0 saturated heterocycles. The molecule has 0 aliphatic heterocycles. The zero-order chi connectivity index (χ0) is 17.4. The van der Waals surface area contributed by atoms with E-state index in [2.05, 4.69) is 26.2 Å². The number of aliphatic hydroxyl groups excluding tert-OH is 2. The summed E-state index contributed by atoms with van der Waals surface area (Å²) in [4.78, 5) is 12.8. The Morgan fingerprint density at radius 2 is 1.92 bits per heavy atom. The summed E-state index contributed by atoms with van der Waals surface area (Å²) >= 11 is 0. The van der Waals surface area contributed by atoms with Crippen LogP contribution in [0.25, 0.3) is 0 Å². The predicted molar refractivity (Wildman–Crippen MR) is 93.2 cm³/mol. The van der Waals surface area contributed by atoms with Gasteiger partial charge in [0, 0.05) is 16.9 Å². The molecule has 0 amide bonds. The summed E-state index contributed by atoms with van der Waals surface area (Å²) in [6.07, 6.45) is 5.32. The molecule has 0 aromatic heterocycles. The van der Waals surface area contributed by atoms with Crippen molar-refractivity contribution < 1.29 is 15.0 Å². The number of fused-ring (bicyclic) bond motifs is 5. The third-order valence-electron chi connectivity index (χ3n) is 7.74. The molecule has 0 aromatic rings. The molecule has 3 fully saturated rings. The first-order valence-corrected chi connectivity index (χ1v) is 9.18. The predicted octanol–water partition coefficient (Wildman–Crippen LogP) is 3.18. The highest BCUT2D eigenvalue weighted by molar-refractivity contribution is 6.07. The molecule has 0 heterocycles. The van der Waals surface area contributed by atoms with Crippen molar-refractivity contribution in [2.24, 2.45) is 28.6 Å². The van der Waals surface area contributed by atoms with Gasteiger partial charge in [-0.3, -0.25) is 4.79 Å². The largest absolute Gasteiger partial charge is 0.393 e. The van der Waals surface area contributed by atoms with Gasteiger partial charge < -0.3 is 10.2 Å². The number of carbonyl (C=O) groups excluding carboxylic acids is 1. The Hall–Kier alpha value is -1.19. The zero-order valence-corrected chi connectivity index (χ0v) is 14.7. The van der Waals surface area contributed by atoms with E-state index in [1.54, 1.807) is 0 Å². The molecule has 0 aromatic carbocycles. The van der Waals surface area contributed by atoms with Gasteiger partial charge in [0.1, 0.15) is 0 Å². The van der Waals surface area contributed by atoms with Gasteiger partial charge in [-0.15, -0.1) is 0 Å². The van der Waals surface area contributed by atoms with Gasteiger partial charge in [-0.25, -0.2) is 0 Å². The molecule has 3 saturated carbocycles. The lowest BCUT2D eigenvalue weighted by molar-refractivity contribution is -0.142. The van der Waals surface area contributed by atoms with E-state index in [0.717, 1.165) is 31.3 Å². The van der Waals surface area contributed by atoms with Gasteiger partial charge in [0.2, 0.25) is 0 Å². The van der Waals surface area contributed by atoms with Crippen molar-refractivity contribution in [2.75, 3.05) is 0 Å². The lowest BCUT2D eigenvalue weighted by Crippen LogP contribution is -2.56. The number of carbonyl (C=O) groups is 1. The molecule has 0 spiro atoms. The number of rotatable bonds is 0. The van der Waals surface area contributed by atoms with Crippen LogP contribution >= 0.6 is 0 Å². The van der Waals surface area contributed by atoms with Gasteiger partial charge in [0.05, 0.1) is 12.2 Å². The van der Waals surface area contributed by atoms with Crippen LogP contribution in [0.5, 0.6) is 0 Å². The third-order valence-corrected chi connectivity index (χ3v) is 7.74. The molecule has 7 atom stereocenters. The Kier molecular flexibility index (Phi) is 3.34. The fourth-order valence-electron chi connectivity index (χ4n) is 6.58. The quantitative estimate of drug-likeness (QED) is 0.530. The first-order valence-electron chi connectivity index (χ1n) is 9.18. The van der Waals surface area contributed by atoms with Crippen molar-refractivity contribution in [3.8, 4) is 0 Å². The van der Waals surface area contributed by atoms with Crippen molar-refractivity contribution in [3.63, 3.8) is 0 Å². The smallest absolute Gasteiger partial charge is 0.169 e. The Morgan fingerprint density at radius 3 is 2.62 bits per heavy atom. The maximum atomic E-state index is 12.8. The molecule has 3 heteroatoms. The van der Waals surface area contributed by atoms with Crippen molar-refractivity contribution in [2.45, 2.75) is 58.2 Å². The minimum Gasteiger partial charge on any atom is -0.393 e. The highest BCUT2D eigenvalue weighted by atomic mass is 16.3. The van der Waals surface area contributed by atoms with Gasteiger partial charge in [-0.05, 0) is 54.9 Å². The summed E-state index contributed by atoms with van der Waals surface area (Å²) in [6, 6.07) is 0. The Balaban J connectivity index is 1.80. The lowest BCUT2D eigenvalue weighted by Gasteiger charge is -2.58. The normalized spacial score (nSPS) is 50.9. The molecule has 4 rings (SSSR count). The minimum atomic E-state index is -0.551. The average Bonchev–Trinajstić information content (AvgIpc) is 2.68. The van der Waals surface area contributed by atoms with Gasteiger partial charge in [0.15, 0.2) is 5.78 Å². The Morgan fingerprint density at radius 1 is 1.21 bits per heavy atom. The third kappa shape index (κ3) is 1.83. The molecular weight excluding hydrogens is 300 g/mol. The SMILES string of the molecule is C=C1C(=C)[C@H]2[C@@H]3CC=C4CC(O)CC[C@]4(C)[C@@H]3C(O)C[C@]2(C)C1=O. The number of hydrogen-bond donors (Lipinski definition) is 2. The van der Waals surface area contributed by atoms with Crippen LogP contribution in [-0.4, -0.2) is 28.2 Å². The van der Waals surface area contributed by atoms with Crippen LogP contribution in [0.15, 0.2) is 36.0 Å². The van der Waals surface area contributed by atoms with Gasteiger partial charge in [-0.2, -0.15) is 0 Å². The second-order valence-corrected chi connectivity index (χ2v) is 8.97. The van der Waals surface area contributed by atoms with Crippen molar-refractivity contribution in [1.82, 2.24) is 0 Å². The number of ketones is 1. The van der Waals surface area contributed by atoms with Crippen LogP contribution in [0.1, 0.15) is 46.0 Å². The van der Waals surface area contributed by atoms with Crippen molar-refractivity contribution >= 4 is 5.78 Å². The van der Waals surface area contributed by atoms with Crippen LogP contribution < -0.4 is 0 Å². The van der Waals surface area contributed by atoms with Crippen LogP contribution in [0.3, 0.4) is 0 Å². The summed E-state index contributed by atoms with van der Waals surface area (Å²) in [6.45, 7) is 12.4. The van der Waals surface area contributed by atoms with E-state index in [0.29, 0.717) is 12.0 Å². The second kappa shape index (κ2) is 4.92. The molecule has 130 valence electrons. The van der Waals surface area contributed by atoms with Gasteiger partial charge in [-0.1, -0.05) is 38.7 Å². The fraction of sp³-hybridized carbons (Fsp3) is 0.667. The second-order valence-electron chi connectivity index (χ2n) is 8.97. The standard InChI is InChI=1S/C21H28O3/c1-11-12(2)19(24)21(4)10-16(23)18-15(17(11)21)6-5-13-9-14(22)7-8-20(13,18)3/h5,14-18,22-23H,1-2,6-10H2,3-4H3/t14?,15-,16?,17-,18-,20-,21-/m0/s1. The van der Waals surface area contributed by atoms with E-state index in [9.17, 15) is 15.0 Å². The van der Waals surface area contributed by atoms with E-state index < -0.39 is 11.5 Å². The van der Waals surface area contributed by atoms with E-state index in [4.69, 9.17) is 0 Å². The molecule has 24 heavy (non-hydrogen) atoms. The van der Waals surface area contributed by atoms with E-state index in [1.807, 2.05) is 6.92 Å². The molecule has 4 aliphatic rings. The van der Waals surface area contributed by atoms with Crippen LogP contribution in [-0.2, 0) is 4.79 Å². The summed E-state index contributed by atoms with van der Waals surface area (Å²) in [5.74, 6) is 0.540. The van der Waals surface area contributed by atoms with Crippen molar-refractivity contribution in [3.05, 3.63) is 36.0 Å². The maximum absolute atomic E-state index is 12.8. The number of allylic oxidation sites excluding steroid dienone is 3. The number of aliphatic hydroxyl groups is 2. The Bertz CT molecular complexity index is 675. The highest BCUT2D eigenvalue weighted by Crippen LogP contribution is 2.65. The number of Topliss-reactive ketones (excluding diaryl/α,β-unsaturated/α-hetero) is 1. The molecule has 0 bridgehead atoms. The summed E-state index contributed by atoms with van der Waals surface area (Å²) in [5.41, 5.74) is 2.13. The molecular formula is C21H28O3. The zero-order valence-electron chi connectivity index (χ0n) is 14.7. The summed E-state index contributed by atoms with van der Waals surface area (Å²) < 4.78 is 0.